The van der Waals surface area contributed by atoms with E-state index >= 15 is 0 Å². The van der Waals surface area contributed by atoms with Crippen molar-refractivity contribution in [3.8, 4) is 0 Å². The predicted octanol–water partition coefficient (Wildman–Crippen LogP) is 1.49. The van der Waals surface area contributed by atoms with Crippen LogP contribution in [0.15, 0.2) is 12.2 Å². The number of hydrogen-bond donors (Lipinski definition) is 1. The summed E-state index contributed by atoms with van der Waals surface area (Å²) in [5, 5.41) is 3.41. The number of rotatable bonds is 6. The van der Waals surface area contributed by atoms with E-state index in [9.17, 15) is 0 Å². The fraction of sp³-hybridized carbons (Fsp3) is 0.800. The fourth-order valence-corrected chi connectivity index (χ4v) is 1.16. The Balaban J connectivity index is 3.71. The van der Waals surface area contributed by atoms with Crippen LogP contribution in [0.25, 0.3) is 0 Å². The lowest BCUT2D eigenvalue weighted by molar-refractivity contribution is 0.374. The Morgan fingerprint density at radius 3 is 2.42 bits per heavy atom. The number of nitrogens with one attached hydrogen (secondary N) is 1. The summed E-state index contributed by atoms with van der Waals surface area (Å²) in [6.07, 6.45) is 1.15. The lowest BCUT2D eigenvalue weighted by atomic mass is 10.1. The maximum Gasteiger partial charge on any atom is 0.0286 e. The Labute approximate surface area is 76.6 Å². The average molecular weight is 170 g/mol. The normalized spacial score (nSPS) is 13.4. The molecule has 0 rings (SSSR count). The summed E-state index contributed by atoms with van der Waals surface area (Å²) in [6.45, 7) is 10.3. The number of hydrogen-bond acceptors (Lipinski definition) is 2. The standard InChI is InChI=1S/C10H22N2/c1-6-11-10(9(2)3)7-8-12(4)5/h10-11H,2,6-8H2,1,3-5H3. The molecule has 0 aromatic rings. The molecular formula is C10H22N2. The van der Waals surface area contributed by atoms with Crippen molar-refractivity contribution in [2.45, 2.75) is 26.3 Å². The van der Waals surface area contributed by atoms with Crippen LogP contribution >= 0.6 is 0 Å². The van der Waals surface area contributed by atoms with Gasteiger partial charge in [0.1, 0.15) is 0 Å². The van der Waals surface area contributed by atoms with Gasteiger partial charge >= 0.3 is 0 Å². The molecule has 0 aliphatic rings. The van der Waals surface area contributed by atoms with Crippen molar-refractivity contribution in [2.75, 3.05) is 27.2 Å². The van der Waals surface area contributed by atoms with Crippen molar-refractivity contribution in [3.63, 3.8) is 0 Å². The monoisotopic (exact) mass is 170 g/mol. The molecule has 0 aliphatic carbocycles. The molecule has 0 spiro atoms. The van der Waals surface area contributed by atoms with Crippen LogP contribution in [0.1, 0.15) is 20.3 Å². The van der Waals surface area contributed by atoms with Crippen LogP contribution in [0, 0.1) is 0 Å². The Morgan fingerprint density at radius 1 is 1.50 bits per heavy atom. The van der Waals surface area contributed by atoms with Gasteiger partial charge in [-0.05, 0) is 40.5 Å². The highest BCUT2D eigenvalue weighted by molar-refractivity contribution is 5.01. The minimum Gasteiger partial charge on any atom is -0.310 e. The smallest absolute Gasteiger partial charge is 0.0286 e. The van der Waals surface area contributed by atoms with Crippen LogP contribution in [0.2, 0.25) is 0 Å². The lowest BCUT2D eigenvalue weighted by Crippen LogP contribution is -2.32. The summed E-state index contributed by atoms with van der Waals surface area (Å²) in [7, 11) is 4.20. The molecule has 0 bridgehead atoms. The molecule has 72 valence electrons. The molecule has 2 heteroatoms. The van der Waals surface area contributed by atoms with Gasteiger partial charge in [-0.25, -0.2) is 0 Å². The molecule has 0 aromatic heterocycles. The maximum absolute atomic E-state index is 3.97. The molecular weight excluding hydrogens is 148 g/mol. The van der Waals surface area contributed by atoms with Gasteiger partial charge in [-0.3, -0.25) is 0 Å². The van der Waals surface area contributed by atoms with Gasteiger partial charge in [0, 0.05) is 6.04 Å². The average Bonchev–Trinajstić information content (AvgIpc) is 1.96. The minimum atomic E-state index is 0.484. The van der Waals surface area contributed by atoms with E-state index in [1.165, 1.54) is 5.57 Å². The molecule has 0 amide bonds. The first-order valence-corrected chi connectivity index (χ1v) is 4.61. The molecule has 1 atom stereocenters. The molecule has 12 heavy (non-hydrogen) atoms. The molecule has 0 saturated carbocycles. The summed E-state index contributed by atoms with van der Waals surface area (Å²) in [4.78, 5) is 2.20. The second-order valence-electron chi connectivity index (χ2n) is 3.55. The van der Waals surface area contributed by atoms with Gasteiger partial charge in [-0.2, -0.15) is 0 Å². The van der Waals surface area contributed by atoms with Crippen LogP contribution in [0.4, 0.5) is 0 Å². The van der Waals surface area contributed by atoms with Crippen molar-refractivity contribution < 1.29 is 0 Å². The SMILES string of the molecule is C=C(C)C(CCN(C)C)NCC. The second kappa shape index (κ2) is 6.21. The molecule has 1 unspecified atom stereocenters. The molecule has 0 aromatic carbocycles. The van der Waals surface area contributed by atoms with Gasteiger partial charge in [-0.1, -0.05) is 19.1 Å². The molecule has 0 fully saturated rings. The molecule has 0 radical (unpaired) electrons. The Kier molecular flexibility index (Phi) is 6.03. The van der Waals surface area contributed by atoms with E-state index in [1.807, 2.05) is 0 Å². The van der Waals surface area contributed by atoms with Gasteiger partial charge in [0.15, 0.2) is 0 Å². The largest absolute Gasteiger partial charge is 0.310 e. The Bertz CT molecular complexity index is 130. The molecule has 0 saturated heterocycles. The fourth-order valence-electron chi connectivity index (χ4n) is 1.16. The maximum atomic E-state index is 3.97. The van der Waals surface area contributed by atoms with E-state index in [1.54, 1.807) is 0 Å². The Hall–Kier alpha value is -0.340. The zero-order chi connectivity index (χ0) is 9.56. The first-order valence-electron chi connectivity index (χ1n) is 4.61. The van der Waals surface area contributed by atoms with Crippen LogP contribution in [-0.4, -0.2) is 38.1 Å². The van der Waals surface area contributed by atoms with E-state index in [-0.39, 0.29) is 0 Å². The summed E-state index contributed by atoms with van der Waals surface area (Å²) in [6, 6.07) is 0.484. The van der Waals surface area contributed by atoms with Crippen molar-refractivity contribution >= 4 is 0 Å². The van der Waals surface area contributed by atoms with Crippen LogP contribution < -0.4 is 5.32 Å². The van der Waals surface area contributed by atoms with Gasteiger partial charge in [0.2, 0.25) is 0 Å². The van der Waals surface area contributed by atoms with E-state index in [2.05, 4.69) is 44.7 Å². The third kappa shape index (κ3) is 5.33. The van der Waals surface area contributed by atoms with Crippen LogP contribution in [0.5, 0.6) is 0 Å². The van der Waals surface area contributed by atoms with E-state index in [0.29, 0.717) is 6.04 Å². The van der Waals surface area contributed by atoms with Crippen LogP contribution in [-0.2, 0) is 0 Å². The molecule has 0 aliphatic heterocycles. The number of likely N-dealkylation sites (N-methyl/N-ethyl adjacent to an activating group) is 1. The summed E-state index contributed by atoms with van der Waals surface area (Å²) in [5.74, 6) is 0. The Morgan fingerprint density at radius 2 is 2.08 bits per heavy atom. The second-order valence-corrected chi connectivity index (χ2v) is 3.55. The van der Waals surface area contributed by atoms with E-state index in [0.717, 1.165) is 19.5 Å². The highest BCUT2D eigenvalue weighted by atomic mass is 15.1. The topological polar surface area (TPSA) is 15.3 Å². The highest BCUT2D eigenvalue weighted by Crippen LogP contribution is 2.03. The minimum absolute atomic E-state index is 0.484. The zero-order valence-electron chi connectivity index (χ0n) is 8.85. The third-order valence-corrected chi connectivity index (χ3v) is 1.91. The van der Waals surface area contributed by atoms with Crippen molar-refractivity contribution in [1.29, 1.82) is 0 Å². The van der Waals surface area contributed by atoms with Crippen molar-refractivity contribution in [3.05, 3.63) is 12.2 Å². The molecule has 1 N–H and O–H groups in total. The summed E-state index contributed by atoms with van der Waals surface area (Å²) >= 11 is 0. The van der Waals surface area contributed by atoms with Crippen molar-refractivity contribution in [2.24, 2.45) is 0 Å². The number of nitrogens with zero attached hydrogens (tertiary/aromatic N) is 1. The first-order chi connectivity index (χ1) is 5.57. The quantitative estimate of drug-likeness (QED) is 0.608. The predicted molar refractivity (Wildman–Crippen MR) is 55.4 cm³/mol. The third-order valence-electron chi connectivity index (χ3n) is 1.91. The van der Waals surface area contributed by atoms with E-state index in [4.69, 9.17) is 0 Å². The van der Waals surface area contributed by atoms with Crippen LogP contribution in [0.3, 0.4) is 0 Å². The van der Waals surface area contributed by atoms with Crippen molar-refractivity contribution in [1.82, 2.24) is 10.2 Å². The summed E-state index contributed by atoms with van der Waals surface area (Å²) < 4.78 is 0. The lowest BCUT2D eigenvalue weighted by Gasteiger charge is -2.20. The van der Waals surface area contributed by atoms with E-state index < -0.39 is 0 Å². The van der Waals surface area contributed by atoms with Gasteiger partial charge in [0.05, 0.1) is 0 Å². The van der Waals surface area contributed by atoms with Gasteiger partial charge in [-0.15, -0.1) is 0 Å². The van der Waals surface area contributed by atoms with Gasteiger partial charge in [0.25, 0.3) is 0 Å². The zero-order valence-corrected chi connectivity index (χ0v) is 8.85. The molecule has 0 heterocycles. The van der Waals surface area contributed by atoms with Gasteiger partial charge < -0.3 is 10.2 Å². The first kappa shape index (κ1) is 11.7. The molecule has 2 nitrogen and oxygen atoms in total. The highest BCUT2D eigenvalue weighted by Gasteiger charge is 2.06. The summed E-state index contributed by atoms with van der Waals surface area (Å²) in [5.41, 5.74) is 1.23.